The lowest BCUT2D eigenvalue weighted by molar-refractivity contribution is -0.683. The Kier molecular flexibility index (Phi) is 6.55. The normalized spacial score (nSPS) is 12.6. The highest BCUT2D eigenvalue weighted by atomic mass is 19.4. The van der Waals surface area contributed by atoms with Gasteiger partial charge in [0.15, 0.2) is 6.04 Å². The van der Waals surface area contributed by atoms with Crippen LogP contribution in [0.2, 0.25) is 0 Å². The molecule has 0 heterocycles. The van der Waals surface area contributed by atoms with Crippen molar-refractivity contribution in [1.29, 1.82) is 0 Å². The van der Waals surface area contributed by atoms with Gasteiger partial charge in [0.25, 0.3) is 5.91 Å². The number of amides is 1. The molecule has 0 radical (unpaired) electrons. The molecule has 0 aliphatic heterocycles. The molecule has 7 heteroatoms. The Morgan fingerprint density at radius 2 is 1.88 bits per heavy atom. The Hall–Kier alpha value is -2.38. The van der Waals surface area contributed by atoms with Crippen molar-refractivity contribution in [2.75, 3.05) is 25.6 Å². The summed E-state index contributed by atoms with van der Waals surface area (Å²) >= 11 is 0. The topological polar surface area (TPSA) is 54.9 Å². The number of hydrogen-bond donors (Lipinski definition) is 2. The van der Waals surface area contributed by atoms with Crippen LogP contribution in [0.4, 0.5) is 18.9 Å². The lowest BCUT2D eigenvalue weighted by Gasteiger charge is -2.16. The SMILES string of the molecule is COCC[NH2+][C@H](C(=O)Nc1cccc(C(F)(F)F)c1)c1ccccc1. The lowest BCUT2D eigenvalue weighted by Crippen LogP contribution is -2.88. The van der Waals surface area contributed by atoms with Crippen LogP contribution in [-0.4, -0.2) is 26.2 Å². The molecule has 4 nitrogen and oxygen atoms in total. The maximum absolute atomic E-state index is 12.8. The molecule has 2 rings (SSSR count). The molecule has 0 saturated heterocycles. The van der Waals surface area contributed by atoms with Crippen LogP contribution in [0.1, 0.15) is 17.2 Å². The molecule has 134 valence electrons. The number of quaternary nitrogens is 1. The van der Waals surface area contributed by atoms with E-state index in [-0.39, 0.29) is 11.6 Å². The summed E-state index contributed by atoms with van der Waals surface area (Å²) in [6, 6.07) is 13.1. The van der Waals surface area contributed by atoms with Gasteiger partial charge in [-0.1, -0.05) is 36.4 Å². The minimum Gasteiger partial charge on any atom is -0.379 e. The van der Waals surface area contributed by atoms with Gasteiger partial charge in [-0.2, -0.15) is 13.2 Å². The molecule has 0 aromatic heterocycles. The van der Waals surface area contributed by atoms with E-state index in [0.717, 1.165) is 17.7 Å². The van der Waals surface area contributed by atoms with Crippen LogP contribution < -0.4 is 10.6 Å². The molecule has 2 aromatic carbocycles. The second-order valence-corrected chi connectivity index (χ2v) is 5.47. The second kappa shape index (κ2) is 8.64. The fourth-order valence-corrected chi connectivity index (χ4v) is 2.40. The van der Waals surface area contributed by atoms with Crippen molar-refractivity contribution in [3.05, 3.63) is 65.7 Å². The van der Waals surface area contributed by atoms with Crippen LogP contribution >= 0.6 is 0 Å². The number of anilines is 1. The van der Waals surface area contributed by atoms with E-state index in [0.29, 0.717) is 13.2 Å². The molecule has 1 atom stereocenters. The molecule has 1 amide bonds. The van der Waals surface area contributed by atoms with Gasteiger partial charge in [-0.05, 0) is 18.2 Å². The van der Waals surface area contributed by atoms with Crippen molar-refractivity contribution in [1.82, 2.24) is 0 Å². The molecular formula is C18H20F3N2O2+. The summed E-state index contributed by atoms with van der Waals surface area (Å²) < 4.78 is 43.4. The van der Waals surface area contributed by atoms with Gasteiger partial charge in [-0.25, -0.2) is 0 Å². The van der Waals surface area contributed by atoms with E-state index >= 15 is 0 Å². The summed E-state index contributed by atoms with van der Waals surface area (Å²) in [4.78, 5) is 12.6. The number of carbonyl (C=O) groups is 1. The monoisotopic (exact) mass is 353 g/mol. The summed E-state index contributed by atoms with van der Waals surface area (Å²) in [5, 5.41) is 4.36. The number of ether oxygens (including phenoxy) is 1. The van der Waals surface area contributed by atoms with E-state index in [1.54, 1.807) is 24.6 Å². The van der Waals surface area contributed by atoms with Crippen LogP contribution in [0.3, 0.4) is 0 Å². The van der Waals surface area contributed by atoms with Crippen molar-refractivity contribution >= 4 is 11.6 Å². The fraction of sp³-hybridized carbons (Fsp3) is 0.278. The maximum atomic E-state index is 12.8. The molecule has 0 spiro atoms. The smallest absolute Gasteiger partial charge is 0.379 e. The van der Waals surface area contributed by atoms with Crippen LogP contribution in [0.15, 0.2) is 54.6 Å². The van der Waals surface area contributed by atoms with Gasteiger partial charge in [0.05, 0.1) is 12.2 Å². The molecule has 25 heavy (non-hydrogen) atoms. The predicted octanol–water partition coefficient (Wildman–Crippen LogP) is 2.60. The number of rotatable bonds is 7. The molecule has 0 bridgehead atoms. The Balaban J connectivity index is 2.16. The summed E-state index contributed by atoms with van der Waals surface area (Å²) in [7, 11) is 1.56. The Bertz CT molecular complexity index is 690. The standard InChI is InChI=1S/C18H19F3N2O2/c1-25-11-10-22-16(13-6-3-2-4-7-13)17(24)23-15-9-5-8-14(12-15)18(19,20)21/h2-9,12,16,22H,10-11H2,1H3,(H,23,24)/p+1/t16-/m0/s1. The van der Waals surface area contributed by atoms with Crippen LogP contribution in [0.25, 0.3) is 0 Å². The fourth-order valence-electron chi connectivity index (χ4n) is 2.40. The predicted molar refractivity (Wildman–Crippen MR) is 87.9 cm³/mol. The first-order chi connectivity index (χ1) is 11.9. The first kappa shape index (κ1) is 19.0. The van der Waals surface area contributed by atoms with Crippen molar-refractivity contribution in [2.24, 2.45) is 0 Å². The molecule has 0 aliphatic rings. The molecule has 2 aromatic rings. The molecule has 0 fully saturated rings. The summed E-state index contributed by atoms with van der Waals surface area (Å²) in [6.07, 6.45) is -4.45. The number of halogens is 3. The maximum Gasteiger partial charge on any atom is 0.416 e. The zero-order valence-electron chi connectivity index (χ0n) is 13.7. The van der Waals surface area contributed by atoms with Gasteiger partial charge < -0.3 is 15.4 Å². The number of methoxy groups -OCH3 is 1. The number of hydrogen-bond acceptors (Lipinski definition) is 2. The third-order valence-electron chi connectivity index (χ3n) is 3.62. The highest BCUT2D eigenvalue weighted by molar-refractivity contribution is 5.94. The van der Waals surface area contributed by atoms with Gasteiger partial charge in [0.2, 0.25) is 0 Å². The van der Waals surface area contributed by atoms with Crippen LogP contribution in [0.5, 0.6) is 0 Å². The van der Waals surface area contributed by atoms with Gasteiger partial charge in [-0.3, -0.25) is 4.79 Å². The lowest BCUT2D eigenvalue weighted by atomic mass is 10.1. The van der Waals surface area contributed by atoms with Crippen molar-refractivity contribution in [3.63, 3.8) is 0 Å². The molecular weight excluding hydrogens is 333 g/mol. The first-order valence-corrected chi connectivity index (χ1v) is 7.77. The van der Waals surface area contributed by atoms with Crippen molar-refractivity contribution < 1.29 is 28.0 Å². The average molecular weight is 353 g/mol. The number of nitrogens with one attached hydrogen (secondary N) is 1. The van der Waals surface area contributed by atoms with Gasteiger partial charge >= 0.3 is 6.18 Å². The van der Waals surface area contributed by atoms with E-state index < -0.39 is 17.8 Å². The average Bonchev–Trinajstić information content (AvgIpc) is 2.59. The number of carbonyl (C=O) groups excluding carboxylic acids is 1. The zero-order chi connectivity index (χ0) is 18.3. The highest BCUT2D eigenvalue weighted by Gasteiger charge is 2.31. The van der Waals surface area contributed by atoms with E-state index in [2.05, 4.69) is 5.32 Å². The van der Waals surface area contributed by atoms with Gasteiger partial charge in [-0.15, -0.1) is 0 Å². The first-order valence-electron chi connectivity index (χ1n) is 7.77. The third-order valence-corrected chi connectivity index (χ3v) is 3.62. The summed E-state index contributed by atoms with van der Waals surface area (Å²) in [5.74, 6) is -0.387. The summed E-state index contributed by atoms with van der Waals surface area (Å²) in [6.45, 7) is 1.01. The summed E-state index contributed by atoms with van der Waals surface area (Å²) in [5.41, 5.74) is 0.0777. The Morgan fingerprint density at radius 1 is 1.16 bits per heavy atom. The number of alkyl halides is 3. The Labute approximate surface area is 144 Å². The molecule has 0 aliphatic carbocycles. The molecule has 3 N–H and O–H groups in total. The molecule has 0 saturated carbocycles. The van der Waals surface area contributed by atoms with Gasteiger partial charge in [0.1, 0.15) is 6.54 Å². The van der Waals surface area contributed by atoms with Crippen LogP contribution in [0, 0.1) is 0 Å². The number of benzene rings is 2. The van der Waals surface area contributed by atoms with E-state index in [1.807, 2.05) is 18.2 Å². The molecule has 0 unspecified atom stereocenters. The van der Waals surface area contributed by atoms with Gasteiger partial charge in [0, 0.05) is 18.4 Å². The minimum absolute atomic E-state index is 0.112. The van der Waals surface area contributed by atoms with Crippen molar-refractivity contribution in [2.45, 2.75) is 12.2 Å². The quantitative estimate of drug-likeness (QED) is 0.752. The number of nitrogens with two attached hydrogens (primary N) is 1. The van der Waals surface area contributed by atoms with E-state index in [1.165, 1.54) is 12.1 Å². The Morgan fingerprint density at radius 3 is 2.52 bits per heavy atom. The van der Waals surface area contributed by atoms with Crippen LogP contribution in [-0.2, 0) is 15.7 Å². The van der Waals surface area contributed by atoms with E-state index in [9.17, 15) is 18.0 Å². The third kappa shape index (κ3) is 5.58. The van der Waals surface area contributed by atoms with E-state index in [4.69, 9.17) is 4.74 Å². The minimum atomic E-state index is -4.45. The largest absolute Gasteiger partial charge is 0.416 e. The zero-order valence-corrected chi connectivity index (χ0v) is 13.7. The second-order valence-electron chi connectivity index (χ2n) is 5.47. The van der Waals surface area contributed by atoms with Crippen molar-refractivity contribution in [3.8, 4) is 0 Å². The highest BCUT2D eigenvalue weighted by Crippen LogP contribution is 2.30.